The number of nitrogens with zero attached hydrogens (tertiary/aromatic N) is 1. The molecule has 7 heteroatoms. The van der Waals surface area contributed by atoms with Crippen molar-refractivity contribution in [1.29, 1.82) is 0 Å². The molecule has 130 valence electrons. The molecule has 0 spiro atoms. The zero-order valence-electron chi connectivity index (χ0n) is 13.5. The van der Waals surface area contributed by atoms with E-state index in [0.717, 1.165) is 16.3 Å². The first-order valence-corrected chi connectivity index (χ1v) is 8.56. The number of nitrogens with one attached hydrogen (secondary N) is 1. The molecule has 0 saturated carbocycles. The van der Waals surface area contributed by atoms with E-state index in [9.17, 15) is 9.59 Å². The van der Waals surface area contributed by atoms with Crippen LogP contribution in [0.2, 0.25) is 10.0 Å². The van der Waals surface area contributed by atoms with Crippen molar-refractivity contribution >= 4 is 46.4 Å². The molecule has 1 fully saturated rings. The topological polar surface area (TPSA) is 58.6 Å². The van der Waals surface area contributed by atoms with Crippen molar-refractivity contribution in [3.05, 3.63) is 52.5 Å². The minimum Gasteiger partial charge on any atom is -0.494 e. The molecular weight excluding hydrogens is 363 g/mol. The zero-order chi connectivity index (χ0) is 18.0. The SMILES string of the molecule is CCOc1ccc(NC2CC(=O)N(c3ccc(Cl)c(Cl)c3)C2=O)cc1. The van der Waals surface area contributed by atoms with Crippen molar-refractivity contribution < 1.29 is 14.3 Å². The molecule has 1 heterocycles. The minimum absolute atomic E-state index is 0.0757. The van der Waals surface area contributed by atoms with Crippen LogP contribution in [0.15, 0.2) is 42.5 Å². The molecule has 1 aliphatic rings. The maximum absolute atomic E-state index is 12.6. The molecule has 0 radical (unpaired) electrons. The van der Waals surface area contributed by atoms with Gasteiger partial charge in [-0.25, -0.2) is 4.90 Å². The Hall–Kier alpha value is -2.24. The molecule has 25 heavy (non-hydrogen) atoms. The zero-order valence-corrected chi connectivity index (χ0v) is 15.0. The number of carbonyl (C=O) groups excluding carboxylic acids is 2. The number of anilines is 2. The van der Waals surface area contributed by atoms with Crippen LogP contribution in [0.5, 0.6) is 5.75 Å². The minimum atomic E-state index is -0.625. The maximum Gasteiger partial charge on any atom is 0.256 e. The molecule has 0 aromatic heterocycles. The van der Waals surface area contributed by atoms with E-state index in [1.807, 2.05) is 31.2 Å². The molecular formula is C18H16Cl2N2O3. The summed E-state index contributed by atoms with van der Waals surface area (Å²) in [5.41, 5.74) is 1.16. The van der Waals surface area contributed by atoms with Gasteiger partial charge in [-0.15, -0.1) is 0 Å². The van der Waals surface area contributed by atoms with Gasteiger partial charge in [0.1, 0.15) is 11.8 Å². The number of halogens is 2. The number of rotatable bonds is 5. The summed E-state index contributed by atoms with van der Waals surface area (Å²) in [5, 5.41) is 3.75. The van der Waals surface area contributed by atoms with Gasteiger partial charge in [0.2, 0.25) is 5.91 Å². The average Bonchev–Trinajstić information content (AvgIpc) is 2.86. The quantitative estimate of drug-likeness (QED) is 0.794. The van der Waals surface area contributed by atoms with Gasteiger partial charge in [0.15, 0.2) is 0 Å². The third-order valence-corrected chi connectivity index (χ3v) is 4.55. The first-order chi connectivity index (χ1) is 12.0. The van der Waals surface area contributed by atoms with E-state index in [2.05, 4.69) is 5.32 Å². The lowest BCUT2D eigenvalue weighted by molar-refractivity contribution is -0.121. The van der Waals surface area contributed by atoms with Crippen LogP contribution in [-0.2, 0) is 9.59 Å². The van der Waals surface area contributed by atoms with Crippen molar-refractivity contribution in [2.24, 2.45) is 0 Å². The van der Waals surface area contributed by atoms with Crippen LogP contribution in [-0.4, -0.2) is 24.5 Å². The Kier molecular flexibility index (Phi) is 5.16. The summed E-state index contributed by atoms with van der Waals surface area (Å²) in [4.78, 5) is 26.1. The van der Waals surface area contributed by atoms with Crippen LogP contribution in [0.4, 0.5) is 11.4 Å². The highest BCUT2D eigenvalue weighted by Crippen LogP contribution is 2.31. The molecule has 1 atom stereocenters. The fourth-order valence-corrected chi connectivity index (χ4v) is 2.95. The highest BCUT2D eigenvalue weighted by molar-refractivity contribution is 6.42. The number of ether oxygens (including phenoxy) is 1. The van der Waals surface area contributed by atoms with Crippen LogP contribution in [0.25, 0.3) is 0 Å². The third kappa shape index (κ3) is 3.72. The average molecular weight is 379 g/mol. The van der Waals surface area contributed by atoms with Gasteiger partial charge < -0.3 is 10.1 Å². The lowest BCUT2D eigenvalue weighted by atomic mass is 10.2. The van der Waals surface area contributed by atoms with E-state index in [-0.39, 0.29) is 18.2 Å². The molecule has 1 saturated heterocycles. The Balaban J connectivity index is 1.75. The van der Waals surface area contributed by atoms with Crippen molar-refractivity contribution in [2.45, 2.75) is 19.4 Å². The summed E-state index contributed by atoms with van der Waals surface area (Å²) in [6, 6.07) is 11.3. The fourth-order valence-electron chi connectivity index (χ4n) is 2.66. The summed E-state index contributed by atoms with van der Waals surface area (Å²) in [6.07, 6.45) is 0.0757. The van der Waals surface area contributed by atoms with Gasteiger partial charge in [0.05, 0.1) is 28.8 Å². The molecule has 1 unspecified atom stereocenters. The molecule has 2 aromatic rings. The molecule has 3 rings (SSSR count). The predicted octanol–water partition coefficient (Wildman–Crippen LogP) is 4.14. The van der Waals surface area contributed by atoms with Crippen LogP contribution < -0.4 is 15.0 Å². The number of hydrogen-bond acceptors (Lipinski definition) is 4. The Bertz CT molecular complexity index is 808. The highest BCUT2D eigenvalue weighted by atomic mass is 35.5. The van der Waals surface area contributed by atoms with Crippen LogP contribution in [0.1, 0.15) is 13.3 Å². The van der Waals surface area contributed by atoms with Gasteiger partial charge in [0.25, 0.3) is 5.91 Å². The summed E-state index contributed by atoms with van der Waals surface area (Å²) in [5.74, 6) is 0.142. The molecule has 1 aliphatic heterocycles. The van der Waals surface area contributed by atoms with E-state index in [1.165, 1.54) is 6.07 Å². The van der Waals surface area contributed by atoms with Gasteiger partial charge in [-0.05, 0) is 49.4 Å². The summed E-state index contributed by atoms with van der Waals surface area (Å²) in [7, 11) is 0. The molecule has 5 nitrogen and oxygen atoms in total. The second-order valence-electron chi connectivity index (χ2n) is 5.52. The Morgan fingerprint density at radius 3 is 2.48 bits per heavy atom. The van der Waals surface area contributed by atoms with Crippen LogP contribution in [0.3, 0.4) is 0 Å². The largest absolute Gasteiger partial charge is 0.494 e. The lowest BCUT2D eigenvalue weighted by Crippen LogP contribution is -2.34. The van der Waals surface area contributed by atoms with E-state index in [4.69, 9.17) is 27.9 Å². The normalized spacial score (nSPS) is 17.1. The van der Waals surface area contributed by atoms with E-state index in [1.54, 1.807) is 12.1 Å². The van der Waals surface area contributed by atoms with E-state index in [0.29, 0.717) is 22.3 Å². The number of amides is 2. The number of carbonyl (C=O) groups is 2. The van der Waals surface area contributed by atoms with Gasteiger partial charge in [0, 0.05) is 5.69 Å². The fraction of sp³-hybridized carbons (Fsp3) is 0.222. The maximum atomic E-state index is 12.6. The summed E-state index contributed by atoms with van der Waals surface area (Å²) >= 11 is 11.9. The van der Waals surface area contributed by atoms with Gasteiger partial charge in [-0.2, -0.15) is 0 Å². The van der Waals surface area contributed by atoms with E-state index < -0.39 is 6.04 Å². The second-order valence-corrected chi connectivity index (χ2v) is 6.34. The second kappa shape index (κ2) is 7.33. The van der Waals surface area contributed by atoms with Gasteiger partial charge >= 0.3 is 0 Å². The highest BCUT2D eigenvalue weighted by Gasteiger charge is 2.39. The number of benzene rings is 2. The predicted molar refractivity (Wildman–Crippen MR) is 98.6 cm³/mol. The van der Waals surface area contributed by atoms with Crippen molar-refractivity contribution in [2.75, 3.05) is 16.8 Å². The monoisotopic (exact) mass is 378 g/mol. The van der Waals surface area contributed by atoms with Gasteiger partial charge in [-0.1, -0.05) is 23.2 Å². The van der Waals surface area contributed by atoms with Gasteiger partial charge in [-0.3, -0.25) is 9.59 Å². The van der Waals surface area contributed by atoms with Crippen LogP contribution in [0, 0.1) is 0 Å². The van der Waals surface area contributed by atoms with E-state index >= 15 is 0 Å². The molecule has 2 aromatic carbocycles. The molecule has 0 aliphatic carbocycles. The standard InChI is InChI=1S/C18H16Cl2N2O3/c1-2-25-13-6-3-11(4-7-13)21-16-10-17(23)22(18(16)24)12-5-8-14(19)15(20)9-12/h3-9,16,21H,2,10H2,1H3. The smallest absolute Gasteiger partial charge is 0.256 e. The molecule has 2 amide bonds. The Labute approximate surface area is 155 Å². The Morgan fingerprint density at radius 2 is 1.84 bits per heavy atom. The van der Waals surface area contributed by atoms with Crippen molar-refractivity contribution in [1.82, 2.24) is 0 Å². The molecule has 0 bridgehead atoms. The van der Waals surface area contributed by atoms with Crippen molar-refractivity contribution in [3.63, 3.8) is 0 Å². The molecule has 1 N–H and O–H groups in total. The first kappa shape index (κ1) is 17.6. The number of imide groups is 1. The van der Waals surface area contributed by atoms with Crippen LogP contribution >= 0.6 is 23.2 Å². The Morgan fingerprint density at radius 1 is 1.12 bits per heavy atom. The summed E-state index contributed by atoms with van der Waals surface area (Å²) in [6.45, 7) is 2.49. The van der Waals surface area contributed by atoms with Crippen molar-refractivity contribution in [3.8, 4) is 5.75 Å². The third-order valence-electron chi connectivity index (χ3n) is 3.81. The lowest BCUT2D eigenvalue weighted by Gasteiger charge is -2.16. The first-order valence-electron chi connectivity index (χ1n) is 7.81. The summed E-state index contributed by atoms with van der Waals surface area (Å²) < 4.78 is 5.38. The number of hydrogen-bond donors (Lipinski definition) is 1.